The molecule has 0 saturated heterocycles. The summed E-state index contributed by atoms with van der Waals surface area (Å²) in [5.41, 5.74) is 0.889. The van der Waals surface area contributed by atoms with Crippen LogP contribution in [0.2, 0.25) is 0 Å². The minimum atomic E-state index is -0.0821. The fraction of sp³-hybridized carbons (Fsp3) is 0.692. The highest BCUT2D eigenvalue weighted by Gasteiger charge is 2.33. The smallest absolute Gasteiger partial charge is 0.309 e. The van der Waals surface area contributed by atoms with E-state index in [1.807, 2.05) is 7.05 Å². The van der Waals surface area contributed by atoms with Gasteiger partial charge in [-0.2, -0.15) is 0 Å². The summed E-state index contributed by atoms with van der Waals surface area (Å²) in [5, 5.41) is 3.23. The molecule has 0 unspecified atom stereocenters. The van der Waals surface area contributed by atoms with E-state index in [0.29, 0.717) is 12.6 Å². The van der Waals surface area contributed by atoms with E-state index in [4.69, 9.17) is 4.42 Å². The van der Waals surface area contributed by atoms with Crippen LogP contribution in [0, 0.1) is 5.92 Å². The molecule has 3 rings (SSSR count). The van der Waals surface area contributed by atoms with Crippen LogP contribution >= 0.6 is 0 Å². The molecule has 0 atom stereocenters. The number of nitrogens with zero attached hydrogens (tertiary/aromatic N) is 2. The Morgan fingerprint density at radius 2 is 2.28 bits per heavy atom. The Morgan fingerprint density at radius 1 is 1.50 bits per heavy atom. The summed E-state index contributed by atoms with van der Waals surface area (Å²) in [6, 6.07) is 0.356. The van der Waals surface area contributed by atoms with Crippen LogP contribution in [0.25, 0.3) is 0 Å². The predicted octanol–water partition coefficient (Wildman–Crippen LogP) is 1.19. The molecule has 1 saturated carbocycles. The van der Waals surface area contributed by atoms with Gasteiger partial charge in [-0.05, 0) is 18.8 Å². The number of nitrogens with one attached hydrogen (secondary N) is 1. The number of hydrogen-bond donors (Lipinski definition) is 1. The molecule has 1 aromatic rings. The quantitative estimate of drug-likeness (QED) is 0.855. The molecular formula is C13H19N3O2. The highest BCUT2D eigenvalue weighted by atomic mass is 16.4. The maximum absolute atomic E-state index is 12.3. The highest BCUT2D eigenvalue weighted by molar-refractivity contribution is 5.89. The van der Waals surface area contributed by atoms with Gasteiger partial charge < -0.3 is 14.6 Å². The Balaban J connectivity index is 1.73. The zero-order valence-corrected chi connectivity index (χ0v) is 10.9. The van der Waals surface area contributed by atoms with Gasteiger partial charge in [-0.3, -0.25) is 4.79 Å². The molecular weight excluding hydrogens is 230 g/mol. The number of carbonyl (C=O) groups is 1. The Morgan fingerprint density at radius 3 is 2.94 bits per heavy atom. The van der Waals surface area contributed by atoms with Crippen LogP contribution < -0.4 is 5.32 Å². The number of aromatic nitrogens is 1. The molecule has 2 aliphatic rings. The molecule has 1 aromatic heterocycles. The number of fused-ring (bicyclic) bond motifs is 1. The summed E-state index contributed by atoms with van der Waals surface area (Å²) in [6.45, 7) is 3.81. The number of hydrogen-bond acceptors (Lipinski definition) is 4. The van der Waals surface area contributed by atoms with Crippen molar-refractivity contribution < 1.29 is 9.21 Å². The fourth-order valence-corrected chi connectivity index (χ4v) is 2.71. The average Bonchev–Trinajstić information content (AvgIpc) is 2.77. The van der Waals surface area contributed by atoms with Crippen molar-refractivity contribution in [1.82, 2.24) is 15.2 Å². The minimum absolute atomic E-state index is 0.0821. The van der Waals surface area contributed by atoms with Crippen molar-refractivity contribution in [2.75, 3.05) is 13.6 Å². The van der Waals surface area contributed by atoms with E-state index in [9.17, 15) is 4.79 Å². The summed E-state index contributed by atoms with van der Waals surface area (Å²) in [5.74, 6) is 1.77. The van der Waals surface area contributed by atoms with Gasteiger partial charge in [0.25, 0.3) is 5.89 Å². The van der Waals surface area contributed by atoms with Crippen LogP contribution in [-0.2, 0) is 13.0 Å². The lowest BCUT2D eigenvalue weighted by Crippen LogP contribution is -2.44. The summed E-state index contributed by atoms with van der Waals surface area (Å²) in [4.78, 5) is 18.3. The van der Waals surface area contributed by atoms with Gasteiger partial charge in [0.05, 0.1) is 5.69 Å². The van der Waals surface area contributed by atoms with Gasteiger partial charge in [-0.1, -0.05) is 6.92 Å². The van der Waals surface area contributed by atoms with Crippen LogP contribution in [0.1, 0.15) is 41.9 Å². The van der Waals surface area contributed by atoms with E-state index >= 15 is 0 Å². The lowest BCUT2D eigenvalue weighted by molar-refractivity contribution is 0.0531. The topological polar surface area (TPSA) is 58.4 Å². The van der Waals surface area contributed by atoms with Gasteiger partial charge in [-0.15, -0.1) is 0 Å². The van der Waals surface area contributed by atoms with Crippen molar-refractivity contribution >= 4 is 5.91 Å². The molecule has 1 N–H and O–H groups in total. The summed E-state index contributed by atoms with van der Waals surface area (Å²) >= 11 is 0. The molecule has 0 spiro atoms. The van der Waals surface area contributed by atoms with E-state index in [0.717, 1.165) is 43.2 Å². The maximum atomic E-state index is 12.3. The Labute approximate surface area is 107 Å². The first-order valence-electron chi connectivity index (χ1n) is 6.61. The third-order valence-corrected chi connectivity index (χ3v) is 4.00. The monoisotopic (exact) mass is 249 g/mol. The predicted molar refractivity (Wildman–Crippen MR) is 66.2 cm³/mol. The van der Waals surface area contributed by atoms with E-state index < -0.39 is 0 Å². The zero-order valence-electron chi connectivity index (χ0n) is 10.9. The first kappa shape index (κ1) is 11.7. The SMILES string of the molecule is CC1CC(N(C)C(=O)c2nc3c(o2)CCNC3)C1. The van der Waals surface area contributed by atoms with Gasteiger partial charge in [0.2, 0.25) is 0 Å². The molecule has 1 aliphatic carbocycles. The third-order valence-electron chi connectivity index (χ3n) is 4.00. The van der Waals surface area contributed by atoms with Crippen LogP contribution in [0.5, 0.6) is 0 Å². The second-order valence-electron chi connectivity index (χ2n) is 5.46. The molecule has 1 aliphatic heterocycles. The van der Waals surface area contributed by atoms with Crippen LogP contribution in [-0.4, -0.2) is 35.4 Å². The molecule has 98 valence electrons. The van der Waals surface area contributed by atoms with Crippen LogP contribution in [0.3, 0.4) is 0 Å². The van der Waals surface area contributed by atoms with Crippen molar-refractivity contribution in [3.63, 3.8) is 0 Å². The minimum Gasteiger partial charge on any atom is -0.437 e. The number of rotatable bonds is 2. The highest BCUT2D eigenvalue weighted by Crippen LogP contribution is 2.31. The lowest BCUT2D eigenvalue weighted by Gasteiger charge is -2.38. The van der Waals surface area contributed by atoms with Gasteiger partial charge in [0.15, 0.2) is 0 Å². The normalized spacial score (nSPS) is 26.3. The van der Waals surface area contributed by atoms with E-state index in [1.54, 1.807) is 4.90 Å². The van der Waals surface area contributed by atoms with Gasteiger partial charge in [0.1, 0.15) is 5.76 Å². The number of oxazole rings is 1. The zero-order chi connectivity index (χ0) is 12.7. The molecule has 18 heavy (non-hydrogen) atoms. The van der Waals surface area contributed by atoms with Gasteiger partial charge in [-0.25, -0.2) is 4.98 Å². The van der Waals surface area contributed by atoms with Crippen LogP contribution in [0.15, 0.2) is 4.42 Å². The second kappa shape index (κ2) is 4.39. The molecule has 0 radical (unpaired) electrons. The lowest BCUT2D eigenvalue weighted by atomic mass is 9.81. The molecule has 0 aromatic carbocycles. The van der Waals surface area contributed by atoms with Crippen molar-refractivity contribution in [3.8, 4) is 0 Å². The first-order chi connectivity index (χ1) is 8.65. The standard InChI is InChI=1S/C13H19N3O2/c1-8-5-9(6-8)16(2)13(17)12-15-10-7-14-4-3-11(10)18-12/h8-9,14H,3-7H2,1-2H3. The van der Waals surface area contributed by atoms with Crippen molar-refractivity contribution in [1.29, 1.82) is 0 Å². The van der Waals surface area contributed by atoms with Crippen molar-refractivity contribution in [2.24, 2.45) is 5.92 Å². The molecule has 1 amide bonds. The summed E-state index contributed by atoms with van der Waals surface area (Å²) in [6.07, 6.45) is 2.99. The Kier molecular flexibility index (Phi) is 2.86. The van der Waals surface area contributed by atoms with E-state index in [-0.39, 0.29) is 11.8 Å². The molecule has 2 heterocycles. The Hall–Kier alpha value is -1.36. The number of amides is 1. The summed E-state index contributed by atoms with van der Waals surface area (Å²) < 4.78 is 5.59. The average molecular weight is 249 g/mol. The first-order valence-corrected chi connectivity index (χ1v) is 6.61. The molecule has 5 heteroatoms. The van der Waals surface area contributed by atoms with Crippen molar-refractivity contribution in [3.05, 3.63) is 17.3 Å². The fourth-order valence-electron chi connectivity index (χ4n) is 2.71. The third kappa shape index (κ3) is 1.92. The molecule has 0 bridgehead atoms. The summed E-state index contributed by atoms with van der Waals surface area (Å²) in [7, 11) is 1.85. The second-order valence-corrected chi connectivity index (χ2v) is 5.46. The number of carbonyl (C=O) groups excluding carboxylic acids is 1. The van der Waals surface area contributed by atoms with E-state index in [2.05, 4.69) is 17.2 Å². The van der Waals surface area contributed by atoms with E-state index in [1.165, 1.54) is 0 Å². The van der Waals surface area contributed by atoms with Gasteiger partial charge in [0, 0.05) is 32.6 Å². The molecule has 1 fully saturated rings. The Bertz CT molecular complexity index is 439. The molecule has 5 nitrogen and oxygen atoms in total. The largest absolute Gasteiger partial charge is 0.437 e. The maximum Gasteiger partial charge on any atom is 0.309 e. The van der Waals surface area contributed by atoms with Crippen molar-refractivity contribution in [2.45, 2.75) is 38.8 Å². The van der Waals surface area contributed by atoms with Crippen LogP contribution in [0.4, 0.5) is 0 Å². The van der Waals surface area contributed by atoms with Gasteiger partial charge >= 0.3 is 5.91 Å².